The van der Waals surface area contributed by atoms with Crippen molar-refractivity contribution in [2.24, 2.45) is 0 Å². The molecule has 0 saturated carbocycles. The van der Waals surface area contributed by atoms with E-state index in [1.807, 2.05) is 26.0 Å². The molecular formula is C15H24N2O3S. The van der Waals surface area contributed by atoms with Gasteiger partial charge in [0.2, 0.25) is 15.9 Å². The van der Waals surface area contributed by atoms with Gasteiger partial charge in [0.1, 0.15) is 0 Å². The molecule has 1 rings (SSSR count). The normalized spacial score (nSPS) is 12.9. The van der Waals surface area contributed by atoms with Crippen LogP contribution in [0.2, 0.25) is 0 Å². The lowest BCUT2D eigenvalue weighted by Gasteiger charge is -2.15. The van der Waals surface area contributed by atoms with Crippen molar-refractivity contribution >= 4 is 21.6 Å². The van der Waals surface area contributed by atoms with E-state index in [2.05, 4.69) is 10.0 Å². The Bertz CT molecular complexity index is 553. The molecule has 118 valence electrons. The van der Waals surface area contributed by atoms with Crippen molar-refractivity contribution in [1.82, 2.24) is 4.72 Å². The number of hydrogen-bond donors (Lipinski definition) is 2. The fourth-order valence-corrected chi connectivity index (χ4v) is 3.30. The maximum atomic E-state index is 11.9. The van der Waals surface area contributed by atoms with Crippen LogP contribution in [0.1, 0.15) is 51.6 Å². The number of unbranched alkanes of at least 4 members (excludes halogenated alkanes) is 1. The second-order valence-corrected chi connectivity index (χ2v) is 6.91. The van der Waals surface area contributed by atoms with Crippen molar-refractivity contribution in [2.75, 3.05) is 11.1 Å². The third-order valence-corrected chi connectivity index (χ3v) is 4.68. The van der Waals surface area contributed by atoms with Crippen LogP contribution in [-0.4, -0.2) is 20.1 Å². The summed E-state index contributed by atoms with van der Waals surface area (Å²) in [5, 5.41) is 2.76. The molecule has 21 heavy (non-hydrogen) atoms. The van der Waals surface area contributed by atoms with E-state index in [1.165, 1.54) is 0 Å². The summed E-state index contributed by atoms with van der Waals surface area (Å²) in [7, 11) is -3.24. The van der Waals surface area contributed by atoms with Crippen LogP contribution in [0.5, 0.6) is 0 Å². The van der Waals surface area contributed by atoms with Crippen LogP contribution in [0.25, 0.3) is 0 Å². The van der Waals surface area contributed by atoms with Crippen molar-refractivity contribution in [3.63, 3.8) is 0 Å². The number of rotatable bonds is 8. The molecule has 0 saturated heterocycles. The zero-order valence-electron chi connectivity index (χ0n) is 12.8. The van der Waals surface area contributed by atoms with E-state index in [-0.39, 0.29) is 17.7 Å². The van der Waals surface area contributed by atoms with Gasteiger partial charge in [0.05, 0.1) is 5.75 Å². The van der Waals surface area contributed by atoms with E-state index in [0.717, 1.165) is 12.0 Å². The SMILES string of the molecule is CCCCS(=O)(=O)NC(C)c1ccc(NC(=O)CC)cc1. The molecule has 1 unspecified atom stereocenters. The second-order valence-electron chi connectivity index (χ2n) is 5.04. The Labute approximate surface area is 127 Å². The van der Waals surface area contributed by atoms with Gasteiger partial charge in [0, 0.05) is 18.2 Å². The van der Waals surface area contributed by atoms with Crippen LogP contribution in [-0.2, 0) is 14.8 Å². The minimum Gasteiger partial charge on any atom is -0.326 e. The molecule has 0 aliphatic heterocycles. The van der Waals surface area contributed by atoms with Crippen LogP contribution in [0.3, 0.4) is 0 Å². The Morgan fingerprint density at radius 1 is 1.19 bits per heavy atom. The predicted molar refractivity (Wildman–Crippen MR) is 85.6 cm³/mol. The fraction of sp³-hybridized carbons (Fsp3) is 0.533. The summed E-state index contributed by atoms with van der Waals surface area (Å²) in [4.78, 5) is 11.3. The average molecular weight is 312 g/mol. The molecule has 2 N–H and O–H groups in total. The summed E-state index contributed by atoms with van der Waals surface area (Å²) in [6.45, 7) is 5.56. The Balaban J connectivity index is 2.66. The highest BCUT2D eigenvalue weighted by Gasteiger charge is 2.15. The number of hydrogen-bond acceptors (Lipinski definition) is 3. The molecule has 0 aromatic heterocycles. The van der Waals surface area contributed by atoms with Gasteiger partial charge in [-0.15, -0.1) is 0 Å². The maximum Gasteiger partial charge on any atom is 0.224 e. The summed E-state index contributed by atoms with van der Waals surface area (Å²) in [6, 6.07) is 6.90. The molecule has 0 aliphatic carbocycles. The number of sulfonamides is 1. The lowest BCUT2D eigenvalue weighted by molar-refractivity contribution is -0.115. The first-order valence-electron chi connectivity index (χ1n) is 7.27. The number of carbonyl (C=O) groups excluding carboxylic acids is 1. The van der Waals surface area contributed by atoms with Gasteiger partial charge in [0.25, 0.3) is 0 Å². The Hall–Kier alpha value is -1.40. The monoisotopic (exact) mass is 312 g/mol. The summed E-state index contributed by atoms with van der Waals surface area (Å²) < 4.78 is 26.4. The van der Waals surface area contributed by atoms with Crippen molar-refractivity contribution in [3.8, 4) is 0 Å². The maximum absolute atomic E-state index is 11.9. The number of nitrogens with one attached hydrogen (secondary N) is 2. The zero-order chi connectivity index (χ0) is 15.9. The molecule has 1 aromatic carbocycles. The minimum absolute atomic E-state index is 0.0453. The van der Waals surface area contributed by atoms with E-state index in [1.54, 1.807) is 19.1 Å². The summed E-state index contributed by atoms with van der Waals surface area (Å²) >= 11 is 0. The van der Waals surface area contributed by atoms with Crippen LogP contribution in [0.4, 0.5) is 5.69 Å². The lowest BCUT2D eigenvalue weighted by atomic mass is 10.1. The minimum atomic E-state index is -3.24. The first-order chi connectivity index (χ1) is 9.88. The van der Waals surface area contributed by atoms with Crippen LogP contribution < -0.4 is 10.0 Å². The summed E-state index contributed by atoms with van der Waals surface area (Å²) in [6.07, 6.45) is 1.93. The van der Waals surface area contributed by atoms with E-state index in [4.69, 9.17) is 0 Å². The zero-order valence-corrected chi connectivity index (χ0v) is 13.7. The number of carbonyl (C=O) groups is 1. The first kappa shape index (κ1) is 17.7. The molecule has 6 heteroatoms. The highest BCUT2D eigenvalue weighted by atomic mass is 32.2. The quantitative estimate of drug-likeness (QED) is 0.775. The molecule has 0 aliphatic rings. The molecule has 0 radical (unpaired) electrons. The largest absolute Gasteiger partial charge is 0.326 e. The Kier molecular flexibility index (Phi) is 6.84. The average Bonchev–Trinajstić information content (AvgIpc) is 2.45. The lowest BCUT2D eigenvalue weighted by Crippen LogP contribution is -2.29. The standard InChI is InChI=1S/C15H24N2O3S/c1-4-6-11-21(19,20)17-12(3)13-7-9-14(10-8-13)16-15(18)5-2/h7-10,12,17H,4-6,11H2,1-3H3,(H,16,18). The molecule has 1 amide bonds. The molecule has 1 atom stereocenters. The van der Waals surface area contributed by atoms with Crippen LogP contribution in [0.15, 0.2) is 24.3 Å². The van der Waals surface area contributed by atoms with Gasteiger partial charge < -0.3 is 5.32 Å². The topological polar surface area (TPSA) is 75.3 Å². The first-order valence-corrected chi connectivity index (χ1v) is 8.93. The van der Waals surface area contributed by atoms with E-state index in [9.17, 15) is 13.2 Å². The van der Waals surface area contributed by atoms with Crippen molar-refractivity contribution < 1.29 is 13.2 Å². The van der Waals surface area contributed by atoms with Gasteiger partial charge in [-0.25, -0.2) is 13.1 Å². The molecular weight excluding hydrogens is 288 g/mol. The van der Waals surface area contributed by atoms with Gasteiger partial charge in [-0.3, -0.25) is 4.79 Å². The number of amides is 1. The third kappa shape index (κ3) is 6.27. The van der Waals surface area contributed by atoms with Crippen molar-refractivity contribution in [3.05, 3.63) is 29.8 Å². The summed E-state index contributed by atoms with van der Waals surface area (Å²) in [5.41, 5.74) is 1.58. The Morgan fingerprint density at radius 3 is 2.33 bits per heavy atom. The molecule has 5 nitrogen and oxygen atoms in total. The van der Waals surface area contributed by atoms with E-state index in [0.29, 0.717) is 18.5 Å². The van der Waals surface area contributed by atoms with E-state index >= 15 is 0 Å². The van der Waals surface area contributed by atoms with Gasteiger partial charge in [0.15, 0.2) is 0 Å². The molecule has 0 spiro atoms. The van der Waals surface area contributed by atoms with E-state index < -0.39 is 10.0 Å². The third-order valence-electron chi connectivity index (χ3n) is 3.14. The molecule has 1 aromatic rings. The van der Waals surface area contributed by atoms with Crippen molar-refractivity contribution in [2.45, 2.75) is 46.1 Å². The highest BCUT2D eigenvalue weighted by molar-refractivity contribution is 7.89. The van der Waals surface area contributed by atoms with Crippen LogP contribution >= 0.6 is 0 Å². The number of anilines is 1. The van der Waals surface area contributed by atoms with Crippen LogP contribution in [0, 0.1) is 0 Å². The predicted octanol–water partition coefficient (Wildman–Crippen LogP) is 2.82. The van der Waals surface area contributed by atoms with Crippen molar-refractivity contribution in [1.29, 1.82) is 0 Å². The second kappa shape index (κ2) is 8.14. The van der Waals surface area contributed by atoms with Gasteiger partial charge in [-0.2, -0.15) is 0 Å². The molecule has 0 bridgehead atoms. The highest BCUT2D eigenvalue weighted by Crippen LogP contribution is 2.17. The summed E-state index contributed by atoms with van der Waals surface area (Å²) in [5.74, 6) is 0.106. The van der Waals surface area contributed by atoms with Gasteiger partial charge >= 0.3 is 0 Å². The smallest absolute Gasteiger partial charge is 0.224 e. The Morgan fingerprint density at radius 2 is 1.81 bits per heavy atom. The number of benzene rings is 1. The molecule has 0 heterocycles. The molecule has 0 fully saturated rings. The van der Waals surface area contributed by atoms with Gasteiger partial charge in [-0.1, -0.05) is 32.4 Å². The fourth-order valence-electron chi connectivity index (χ4n) is 1.84. The van der Waals surface area contributed by atoms with Gasteiger partial charge in [-0.05, 0) is 31.0 Å².